The minimum atomic E-state index is 0.715. The summed E-state index contributed by atoms with van der Waals surface area (Å²) in [5, 5.41) is 2.70. The second-order valence-corrected chi connectivity index (χ2v) is 5.59. The van der Waals surface area contributed by atoms with Crippen molar-refractivity contribution in [1.29, 1.82) is 0 Å². The van der Waals surface area contributed by atoms with E-state index in [0.717, 1.165) is 17.1 Å². The molecule has 3 rings (SSSR count). The molecule has 0 aliphatic heterocycles. The molecule has 1 aromatic heterocycles. The molecule has 0 atom stereocenters. The van der Waals surface area contributed by atoms with Gasteiger partial charge >= 0.3 is 0 Å². The van der Waals surface area contributed by atoms with Crippen LogP contribution in [0.25, 0.3) is 10.9 Å². The normalized spacial score (nSPS) is 11.1. The molecule has 0 spiro atoms. The van der Waals surface area contributed by atoms with Crippen molar-refractivity contribution in [2.24, 2.45) is 0 Å². The van der Waals surface area contributed by atoms with Gasteiger partial charge in [-0.1, -0.05) is 35.3 Å². The Bertz CT molecular complexity index is 744. The van der Waals surface area contributed by atoms with E-state index in [9.17, 15) is 0 Å². The monoisotopic (exact) mass is 289 g/mol. The van der Waals surface area contributed by atoms with Crippen LogP contribution >= 0.6 is 23.2 Å². The van der Waals surface area contributed by atoms with Crippen molar-refractivity contribution < 1.29 is 0 Å². The van der Waals surface area contributed by atoms with Crippen LogP contribution in [0.15, 0.2) is 48.7 Å². The van der Waals surface area contributed by atoms with Crippen LogP contribution in [0.2, 0.25) is 10.0 Å². The first kappa shape index (κ1) is 12.6. The molecule has 0 saturated heterocycles. The minimum absolute atomic E-state index is 0.715. The summed E-state index contributed by atoms with van der Waals surface area (Å²) in [5.41, 5.74) is 3.51. The Labute approximate surface area is 122 Å². The van der Waals surface area contributed by atoms with Crippen molar-refractivity contribution in [3.63, 3.8) is 0 Å². The van der Waals surface area contributed by atoms with Crippen LogP contribution in [0.4, 0.5) is 0 Å². The van der Waals surface area contributed by atoms with E-state index in [-0.39, 0.29) is 0 Å². The van der Waals surface area contributed by atoms with Gasteiger partial charge in [0.05, 0.1) is 0 Å². The van der Waals surface area contributed by atoms with E-state index < -0.39 is 0 Å². The average Bonchev–Trinajstić information content (AvgIpc) is 2.77. The zero-order valence-corrected chi connectivity index (χ0v) is 12.0. The molecule has 0 aliphatic rings. The second kappa shape index (κ2) is 4.92. The highest BCUT2D eigenvalue weighted by atomic mass is 35.5. The summed E-state index contributed by atoms with van der Waals surface area (Å²) in [6.45, 7) is 2.83. The summed E-state index contributed by atoms with van der Waals surface area (Å²) < 4.78 is 2.19. The van der Waals surface area contributed by atoms with E-state index in [1.54, 1.807) is 0 Å². The lowest BCUT2D eigenvalue weighted by Gasteiger charge is -2.08. The fraction of sp³-hybridized carbons (Fsp3) is 0.125. The van der Waals surface area contributed by atoms with Gasteiger partial charge in [-0.25, -0.2) is 0 Å². The number of nitrogens with zero attached hydrogens (tertiary/aromatic N) is 1. The van der Waals surface area contributed by atoms with Gasteiger partial charge in [-0.3, -0.25) is 0 Å². The zero-order valence-electron chi connectivity index (χ0n) is 10.5. The maximum atomic E-state index is 6.22. The van der Waals surface area contributed by atoms with Gasteiger partial charge in [0.1, 0.15) is 0 Å². The third-order valence-corrected chi connectivity index (χ3v) is 3.88. The molecule has 0 amide bonds. The first-order valence-corrected chi connectivity index (χ1v) is 6.88. The van der Waals surface area contributed by atoms with Gasteiger partial charge in [-0.2, -0.15) is 0 Å². The van der Waals surface area contributed by atoms with E-state index in [4.69, 9.17) is 23.2 Å². The topological polar surface area (TPSA) is 4.93 Å². The lowest BCUT2D eigenvalue weighted by molar-refractivity contribution is 0.837. The molecule has 19 heavy (non-hydrogen) atoms. The van der Waals surface area contributed by atoms with Gasteiger partial charge in [0, 0.05) is 28.3 Å². The van der Waals surface area contributed by atoms with Crippen LogP contribution in [-0.2, 0) is 6.54 Å². The Morgan fingerprint density at radius 2 is 1.84 bits per heavy atom. The Hall–Kier alpha value is -1.44. The Morgan fingerprint density at radius 1 is 1.00 bits per heavy atom. The molecule has 3 heteroatoms. The summed E-state index contributed by atoms with van der Waals surface area (Å²) in [6, 6.07) is 14.1. The molecule has 0 radical (unpaired) electrons. The molecular weight excluding hydrogens is 277 g/mol. The van der Waals surface area contributed by atoms with Crippen molar-refractivity contribution in [1.82, 2.24) is 4.57 Å². The van der Waals surface area contributed by atoms with Crippen molar-refractivity contribution >= 4 is 34.1 Å². The van der Waals surface area contributed by atoms with Crippen LogP contribution in [0.3, 0.4) is 0 Å². The lowest BCUT2D eigenvalue weighted by Crippen LogP contribution is -1.98. The van der Waals surface area contributed by atoms with Gasteiger partial charge < -0.3 is 4.57 Å². The third kappa shape index (κ3) is 2.49. The quantitative estimate of drug-likeness (QED) is 0.603. The molecule has 3 aromatic rings. The number of fused-ring (bicyclic) bond motifs is 1. The number of aryl methyl sites for hydroxylation is 1. The zero-order chi connectivity index (χ0) is 13.4. The van der Waals surface area contributed by atoms with E-state index in [2.05, 4.69) is 42.0 Å². The minimum Gasteiger partial charge on any atom is -0.343 e. The summed E-state index contributed by atoms with van der Waals surface area (Å²) in [5.74, 6) is 0. The maximum Gasteiger partial charge on any atom is 0.0491 e. The molecule has 0 bridgehead atoms. The second-order valence-electron chi connectivity index (χ2n) is 4.74. The lowest BCUT2D eigenvalue weighted by atomic mass is 10.2. The SMILES string of the molecule is Cc1ccc2ccn(Cc3cc(Cl)ccc3Cl)c2c1. The Morgan fingerprint density at radius 3 is 2.68 bits per heavy atom. The van der Waals surface area contributed by atoms with E-state index in [0.29, 0.717) is 5.02 Å². The number of halogens is 2. The predicted octanol–water partition coefficient (Wildman–Crippen LogP) is 5.30. The highest BCUT2D eigenvalue weighted by Crippen LogP contribution is 2.24. The van der Waals surface area contributed by atoms with Crippen LogP contribution in [0, 0.1) is 6.92 Å². The van der Waals surface area contributed by atoms with Gasteiger partial charge in [-0.05, 0) is 53.8 Å². The molecule has 1 nitrogen and oxygen atoms in total. The van der Waals surface area contributed by atoms with Crippen molar-refractivity contribution in [2.45, 2.75) is 13.5 Å². The average molecular weight is 290 g/mol. The molecule has 0 unspecified atom stereocenters. The fourth-order valence-electron chi connectivity index (χ4n) is 2.28. The molecular formula is C16H13Cl2N. The number of hydrogen-bond donors (Lipinski definition) is 0. The Balaban J connectivity index is 2.05. The van der Waals surface area contributed by atoms with E-state index >= 15 is 0 Å². The first-order valence-electron chi connectivity index (χ1n) is 6.13. The molecule has 2 aromatic carbocycles. The first-order chi connectivity index (χ1) is 9.13. The van der Waals surface area contributed by atoms with E-state index in [1.807, 2.05) is 18.2 Å². The van der Waals surface area contributed by atoms with Gasteiger partial charge in [0.2, 0.25) is 0 Å². The molecule has 0 aliphatic carbocycles. The van der Waals surface area contributed by atoms with Crippen LogP contribution < -0.4 is 0 Å². The highest BCUT2D eigenvalue weighted by Gasteiger charge is 2.05. The van der Waals surface area contributed by atoms with Crippen molar-refractivity contribution in [3.05, 3.63) is 69.8 Å². The largest absolute Gasteiger partial charge is 0.343 e. The third-order valence-electron chi connectivity index (χ3n) is 3.28. The highest BCUT2D eigenvalue weighted by molar-refractivity contribution is 6.33. The summed E-state index contributed by atoms with van der Waals surface area (Å²) in [7, 11) is 0. The van der Waals surface area contributed by atoms with Crippen LogP contribution in [0.1, 0.15) is 11.1 Å². The number of benzene rings is 2. The van der Waals surface area contributed by atoms with Gasteiger partial charge in [0.15, 0.2) is 0 Å². The summed E-state index contributed by atoms with van der Waals surface area (Å²) in [4.78, 5) is 0. The smallest absolute Gasteiger partial charge is 0.0491 e. The fourth-order valence-corrected chi connectivity index (χ4v) is 2.65. The molecule has 0 N–H and O–H groups in total. The van der Waals surface area contributed by atoms with Gasteiger partial charge in [0.25, 0.3) is 0 Å². The van der Waals surface area contributed by atoms with Crippen LogP contribution in [0.5, 0.6) is 0 Å². The summed E-state index contributed by atoms with van der Waals surface area (Å²) in [6.07, 6.45) is 2.08. The van der Waals surface area contributed by atoms with Crippen LogP contribution in [-0.4, -0.2) is 4.57 Å². The standard InChI is InChI=1S/C16H13Cl2N/c1-11-2-3-12-6-7-19(16(12)8-11)10-13-9-14(17)4-5-15(13)18/h2-9H,10H2,1H3. The molecule has 96 valence electrons. The molecule has 1 heterocycles. The maximum absolute atomic E-state index is 6.22. The number of hydrogen-bond acceptors (Lipinski definition) is 0. The number of aromatic nitrogens is 1. The van der Waals surface area contributed by atoms with E-state index in [1.165, 1.54) is 16.5 Å². The Kier molecular flexibility index (Phi) is 3.26. The van der Waals surface area contributed by atoms with Gasteiger partial charge in [-0.15, -0.1) is 0 Å². The summed E-state index contributed by atoms with van der Waals surface area (Å²) >= 11 is 12.3. The number of rotatable bonds is 2. The molecule has 0 fully saturated rings. The van der Waals surface area contributed by atoms with Crippen molar-refractivity contribution in [2.75, 3.05) is 0 Å². The van der Waals surface area contributed by atoms with Crippen molar-refractivity contribution in [3.8, 4) is 0 Å². The predicted molar refractivity (Wildman–Crippen MR) is 82.2 cm³/mol. The molecule has 0 saturated carbocycles.